The van der Waals surface area contributed by atoms with Crippen molar-refractivity contribution in [2.24, 2.45) is 0 Å². The van der Waals surface area contributed by atoms with E-state index in [2.05, 4.69) is 5.32 Å². The second kappa shape index (κ2) is 4.72. The van der Waals surface area contributed by atoms with Gasteiger partial charge in [0.15, 0.2) is 6.29 Å². The molecule has 82 valence electrons. The summed E-state index contributed by atoms with van der Waals surface area (Å²) in [7, 11) is 1.57. The molecular formula is C9H17NO4. The molecule has 1 saturated heterocycles. The molecule has 0 bridgehead atoms. The Morgan fingerprint density at radius 2 is 2.29 bits per heavy atom. The van der Waals surface area contributed by atoms with Gasteiger partial charge in [-0.25, -0.2) is 0 Å². The maximum Gasteiger partial charge on any atom is 0.217 e. The number of nitrogens with one attached hydrogen (secondary N) is 1. The van der Waals surface area contributed by atoms with Crippen LogP contribution in [-0.2, 0) is 14.3 Å². The van der Waals surface area contributed by atoms with Gasteiger partial charge in [0.25, 0.3) is 0 Å². The summed E-state index contributed by atoms with van der Waals surface area (Å²) in [5.74, 6) is -0.127. The lowest BCUT2D eigenvalue weighted by Gasteiger charge is -2.38. The van der Waals surface area contributed by atoms with Crippen molar-refractivity contribution in [3.8, 4) is 0 Å². The quantitative estimate of drug-likeness (QED) is 0.642. The van der Waals surface area contributed by atoms with Crippen LogP contribution in [0.5, 0.6) is 0 Å². The monoisotopic (exact) mass is 203 g/mol. The van der Waals surface area contributed by atoms with Gasteiger partial charge in [0.05, 0.1) is 12.1 Å². The summed E-state index contributed by atoms with van der Waals surface area (Å²) in [5.41, 5.74) is 0. The average molecular weight is 203 g/mol. The van der Waals surface area contributed by atoms with Crippen LogP contribution in [-0.4, -0.2) is 42.7 Å². The van der Waals surface area contributed by atoms with Crippen molar-refractivity contribution in [3.63, 3.8) is 0 Å². The Morgan fingerprint density at radius 1 is 1.64 bits per heavy atom. The van der Waals surface area contributed by atoms with Gasteiger partial charge >= 0.3 is 0 Å². The van der Waals surface area contributed by atoms with Gasteiger partial charge in [-0.3, -0.25) is 4.79 Å². The van der Waals surface area contributed by atoms with Crippen LogP contribution < -0.4 is 5.32 Å². The van der Waals surface area contributed by atoms with Gasteiger partial charge in [-0.15, -0.1) is 0 Å². The largest absolute Gasteiger partial charge is 0.377 e. The molecule has 1 aliphatic heterocycles. The Hall–Kier alpha value is -0.650. The minimum absolute atomic E-state index is 0.127. The fourth-order valence-electron chi connectivity index (χ4n) is 1.82. The van der Waals surface area contributed by atoms with E-state index >= 15 is 0 Å². The van der Waals surface area contributed by atoms with Gasteiger partial charge in [0.1, 0.15) is 6.10 Å². The Balaban J connectivity index is 2.62. The second-order valence-electron chi connectivity index (χ2n) is 3.54. The van der Waals surface area contributed by atoms with Gasteiger partial charge in [0.2, 0.25) is 5.91 Å². The van der Waals surface area contributed by atoms with Crippen LogP contribution in [0.15, 0.2) is 0 Å². The van der Waals surface area contributed by atoms with Crippen molar-refractivity contribution in [3.05, 3.63) is 0 Å². The number of carbonyl (C=O) groups excluding carboxylic acids is 1. The Labute approximate surface area is 83.4 Å². The van der Waals surface area contributed by atoms with Crippen molar-refractivity contribution >= 4 is 5.91 Å². The first-order valence-corrected chi connectivity index (χ1v) is 4.68. The number of hydrogen-bond acceptors (Lipinski definition) is 4. The molecule has 0 spiro atoms. The SMILES string of the molecule is CO[C@@H]1[C@@H](NC(C)=O)C[C@H](O)O[C@H]1C. The summed E-state index contributed by atoms with van der Waals surface area (Å²) in [6.07, 6.45) is -0.890. The van der Waals surface area contributed by atoms with Crippen LogP contribution in [0.25, 0.3) is 0 Å². The molecule has 0 aromatic carbocycles. The molecule has 0 aromatic rings. The first-order chi connectivity index (χ1) is 6.54. The lowest BCUT2D eigenvalue weighted by molar-refractivity contribution is -0.208. The van der Waals surface area contributed by atoms with E-state index in [0.29, 0.717) is 6.42 Å². The first kappa shape index (κ1) is 11.4. The molecule has 4 atom stereocenters. The van der Waals surface area contributed by atoms with E-state index in [9.17, 15) is 9.90 Å². The third-order valence-corrected chi connectivity index (χ3v) is 2.35. The molecule has 1 amide bonds. The van der Waals surface area contributed by atoms with E-state index in [1.54, 1.807) is 7.11 Å². The summed E-state index contributed by atoms with van der Waals surface area (Å²) >= 11 is 0. The highest BCUT2D eigenvalue weighted by molar-refractivity contribution is 5.73. The summed E-state index contributed by atoms with van der Waals surface area (Å²) in [4.78, 5) is 10.9. The summed E-state index contributed by atoms with van der Waals surface area (Å²) < 4.78 is 10.4. The number of carbonyl (C=O) groups is 1. The molecule has 0 radical (unpaired) electrons. The molecule has 5 nitrogen and oxygen atoms in total. The minimum Gasteiger partial charge on any atom is -0.377 e. The van der Waals surface area contributed by atoms with Crippen molar-refractivity contribution in [2.75, 3.05) is 7.11 Å². The number of ether oxygens (including phenoxy) is 2. The predicted octanol–water partition coefficient (Wildman–Crippen LogP) is -0.367. The lowest BCUT2D eigenvalue weighted by Crippen LogP contribution is -2.55. The fraction of sp³-hybridized carbons (Fsp3) is 0.889. The molecule has 0 aromatic heterocycles. The van der Waals surface area contributed by atoms with E-state index in [1.165, 1.54) is 6.92 Å². The lowest BCUT2D eigenvalue weighted by atomic mass is 9.99. The number of hydrogen-bond donors (Lipinski definition) is 2. The molecule has 1 heterocycles. The van der Waals surface area contributed by atoms with E-state index in [4.69, 9.17) is 9.47 Å². The van der Waals surface area contributed by atoms with Crippen LogP contribution in [0.3, 0.4) is 0 Å². The highest BCUT2D eigenvalue weighted by Gasteiger charge is 2.36. The van der Waals surface area contributed by atoms with E-state index in [-0.39, 0.29) is 24.2 Å². The van der Waals surface area contributed by atoms with Crippen molar-refractivity contribution in [2.45, 2.75) is 44.8 Å². The maximum absolute atomic E-state index is 10.9. The zero-order chi connectivity index (χ0) is 10.7. The molecule has 2 N–H and O–H groups in total. The van der Waals surface area contributed by atoms with Crippen LogP contribution in [0.4, 0.5) is 0 Å². The molecule has 14 heavy (non-hydrogen) atoms. The maximum atomic E-state index is 10.9. The Kier molecular flexibility index (Phi) is 3.86. The second-order valence-corrected chi connectivity index (χ2v) is 3.54. The van der Waals surface area contributed by atoms with Crippen LogP contribution in [0, 0.1) is 0 Å². The van der Waals surface area contributed by atoms with Crippen molar-refractivity contribution < 1.29 is 19.4 Å². The summed E-state index contributed by atoms with van der Waals surface area (Å²) in [6.45, 7) is 3.25. The molecule has 5 heteroatoms. The topological polar surface area (TPSA) is 67.8 Å². The molecular weight excluding hydrogens is 186 g/mol. The summed E-state index contributed by atoms with van der Waals surface area (Å²) in [5, 5.41) is 12.1. The van der Waals surface area contributed by atoms with E-state index < -0.39 is 6.29 Å². The van der Waals surface area contributed by atoms with Crippen LogP contribution in [0.2, 0.25) is 0 Å². The Morgan fingerprint density at radius 3 is 2.79 bits per heavy atom. The fourth-order valence-corrected chi connectivity index (χ4v) is 1.82. The van der Waals surface area contributed by atoms with Gasteiger partial charge in [-0.05, 0) is 6.92 Å². The zero-order valence-corrected chi connectivity index (χ0v) is 8.69. The van der Waals surface area contributed by atoms with Crippen LogP contribution in [0.1, 0.15) is 20.3 Å². The van der Waals surface area contributed by atoms with Gasteiger partial charge in [-0.2, -0.15) is 0 Å². The number of methoxy groups -OCH3 is 1. The van der Waals surface area contributed by atoms with Crippen molar-refractivity contribution in [1.82, 2.24) is 5.32 Å². The molecule has 0 saturated carbocycles. The predicted molar refractivity (Wildman–Crippen MR) is 49.6 cm³/mol. The van der Waals surface area contributed by atoms with E-state index in [0.717, 1.165) is 0 Å². The summed E-state index contributed by atoms with van der Waals surface area (Å²) in [6, 6.07) is -0.184. The van der Waals surface area contributed by atoms with Crippen LogP contribution >= 0.6 is 0 Å². The smallest absolute Gasteiger partial charge is 0.217 e. The van der Waals surface area contributed by atoms with Crippen molar-refractivity contribution in [1.29, 1.82) is 0 Å². The molecule has 1 aliphatic rings. The molecule has 0 aliphatic carbocycles. The van der Waals surface area contributed by atoms with Gasteiger partial charge < -0.3 is 19.9 Å². The molecule has 1 rings (SSSR count). The highest BCUT2D eigenvalue weighted by Crippen LogP contribution is 2.20. The Bertz CT molecular complexity index is 209. The van der Waals surface area contributed by atoms with Gasteiger partial charge in [0, 0.05) is 20.5 Å². The number of amides is 1. The molecule has 0 unspecified atom stereocenters. The van der Waals surface area contributed by atoms with Gasteiger partial charge in [-0.1, -0.05) is 0 Å². The number of aliphatic hydroxyl groups excluding tert-OH is 1. The van der Waals surface area contributed by atoms with E-state index in [1.807, 2.05) is 6.92 Å². The third-order valence-electron chi connectivity index (χ3n) is 2.35. The highest BCUT2D eigenvalue weighted by atomic mass is 16.6. The standard InChI is InChI=1S/C9H17NO4/c1-5-9(13-3)7(10-6(2)11)4-8(12)14-5/h5,7-9,12H,4H2,1-3H3,(H,10,11)/t5-,7-,8+,9-/m0/s1. The average Bonchev–Trinajstić information content (AvgIpc) is 2.01. The normalized spacial score (nSPS) is 38.0. The zero-order valence-electron chi connectivity index (χ0n) is 8.69. The first-order valence-electron chi connectivity index (χ1n) is 4.68. The number of aliphatic hydroxyl groups is 1. The number of rotatable bonds is 2. The minimum atomic E-state index is -0.826. The third kappa shape index (κ3) is 2.67. The molecule has 1 fully saturated rings.